The molecule has 1 aromatic heterocycles. The predicted octanol–water partition coefficient (Wildman–Crippen LogP) is 1.24. The van der Waals surface area contributed by atoms with Crippen LogP contribution in [0.2, 0.25) is 0 Å². The van der Waals surface area contributed by atoms with Gasteiger partial charge < -0.3 is 15.7 Å². The molecule has 6 nitrogen and oxygen atoms in total. The molecule has 0 spiro atoms. The predicted molar refractivity (Wildman–Crippen MR) is 78.2 cm³/mol. The van der Waals surface area contributed by atoms with Crippen molar-refractivity contribution in [3.05, 3.63) is 36.0 Å². The Morgan fingerprint density at radius 3 is 2.76 bits per heavy atom. The van der Waals surface area contributed by atoms with Crippen LogP contribution in [0.15, 0.2) is 30.3 Å². The van der Waals surface area contributed by atoms with Crippen LogP contribution in [-0.2, 0) is 4.79 Å². The van der Waals surface area contributed by atoms with E-state index < -0.39 is 5.97 Å². The highest BCUT2D eigenvalue weighted by Gasteiger charge is 2.28. The molecule has 1 amide bonds. The van der Waals surface area contributed by atoms with Crippen molar-refractivity contribution in [3.63, 3.8) is 0 Å². The zero-order chi connectivity index (χ0) is 15.0. The second-order valence-corrected chi connectivity index (χ2v) is 5.18. The number of para-hydroxylation sites is 1. The van der Waals surface area contributed by atoms with Gasteiger partial charge in [-0.15, -0.1) is 0 Å². The minimum atomic E-state index is -1.06. The number of hydrogen-bond acceptors (Lipinski definition) is 4. The van der Waals surface area contributed by atoms with E-state index in [0.29, 0.717) is 25.0 Å². The molecule has 2 aromatic rings. The number of amides is 1. The summed E-state index contributed by atoms with van der Waals surface area (Å²) in [5, 5.41) is 10.1. The SMILES string of the molecule is NC(=O)C1CCN(c2cc(C(=O)O)nc3ccccc23)C1. The van der Waals surface area contributed by atoms with Gasteiger partial charge in [-0.25, -0.2) is 9.78 Å². The Morgan fingerprint density at radius 2 is 2.10 bits per heavy atom. The van der Waals surface area contributed by atoms with Crippen LogP contribution >= 0.6 is 0 Å². The molecule has 1 unspecified atom stereocenters. The summed E-state index contributed by atoms with van der Waals surface area (Å²) in [7, 11) is 0. The van der Waals surface area contributed by atoms with Crippen molar-refractivity contribution in [2.24, 2.45) is 11.7 Å². The lowest BCUT2D eigenvalue weighted by atomic mass is 10.1. The van der Waals surface area contributed by atoms with Crippen molar-refractivity contribution in [3.8, 4) is 0 Å². The molecule has 3 rings (SSSR count). The summed E-state index contributed by atoms with van der Waals surface area (Å²) in [6.45, 7) is 1.20. The second kappa shape index (κ2) is 5.05. The van der Waals surface area contributed by atoms with E-state index in [1.807, 2.05) is 23.1 Å². The first-order valence-electron chi connectivity index (χ1n) is 6.73. The van der Waals surface area contributed by atoms with E-state index in [9.17, 15) is 14.7 Å². The molecule has 21 heavy (non-hydrogen) atoms. The number of aromatic nitrogens is 1. The van der Waals surface area contributed by atoms with Crippen LogP contribution in [0, 0.1) is 5.92 Å². The van der Waals surface area contributed by atoms with Crippen molar-refractivity contribution in [2.45, 2.75) is 6.42 Å². The minimum absolute atomic E-state index is 0.00576. The van der Waals surface area contributed by atoms with Gasteiger partial charge in [0.05, 0.1) is 11.4 Å². The molecule has 0 bridgehead atoms. The van der Waals surface area contributed by atoms with E-state index in [2.05, 4.69) is 4.98 Å². The molecule has 0 radical (unpaired) electrons. The van der Waals surface area contributed by atoms with E-state index in [0.717, 1.165) is 11.1 Å². The molecule has 108 valence electrons. The van der Waals surface area contributed by atoms with Crippen molar-refractivity contribution in [2.75, 3.05) is 18.0 Å². The van der Waals surface area contributed by atoms with E-state index in [1.165, 1.54) is 0 Å². The number of fused-ring (bicyclic) bond motifs is 1. The van der Waals surface area contributed by atoms with Crippen molar-refractivity contribution >= 4 is 28.5 Å². The fourth-order valence-corrected chi connectivity index (χ4v) is 2.74. The second-order valence-electron chi connectivity index (χ2n) is 5.18. The number of nitrogens with two attached hydrogens (primary N) is 1. The van der Waals surface area contributed by atoms with E-state index >= 15 is 0 Å². The van der Waals surface area contributed by atoms with Crippen LogP contribution in [0.4, 0.5) is 5.69 Å². The fraction of sp³-hybridized carbons (Fsp3) is 0.267. The van der Waals surface area contributed by atoms with Gasteiger partial charge in [-0.2, -0.15) is 0 Å². The summed E-state index contributed by atoms with van der Waals surface area (Å²) in [5.41, 5.74) is 6.79. The van der Waals surface area contributed by atoms with Crippen LogP contribution < -0.4 is 10.6 Å². The maximum atomic E-state index is 11.3. The Balaban J connectivity index is 2.08. The van der Waals surface area contributed by atoms with Gasteiger partial charge in [-0.05, 0) is 18.6 Å². The molecule has 1 aliphatic rings. The lowest BCUT2D eigenvalue weighted by Gasteiger charge is -2.20. The molecule has 1 atom stereocenters. The van der Waals surface area contributed by atoms with E-state index in [1.54, 1.807) is 12.1 Å². The van der Waals surface area contributed by atoms with Gasteiger partial charge in [0.1, 0.15) is 0 Å². The number of carboxylic acid groups (broad SMARTS) is 1. The molecule has 3 N–H and O–H groups in total. The average molecular weight is 285 g/mol. The molecular formula is C15H15N3O3. The molecule has 0 saturated carbocycles. The van der Waals surface area contributed by atoms with Crippen LogP contribution in [0.3, 0.4) is 0 Å². The van der Waals surface area contributed by atoms with Gasteiger partial charge in [-0.3, -0.25) is 4.79 Å². The Kier molecular flexibility index (Phi) is 3.21. The van der Waals surface area contributed by atoms with E-state index in [-0.39, 0.29) is 17.5 Å². The number of anilines is 1. The fourth-order valence-electron chi connectivity index (χ4n) is 2.74. The van der Waals surface area contributed by atoms with E-state index in [4.69, 9.17) is 5.73 Å². The highest BCUT2D eigenvalue weighted by atomic mass is 16.4. The monoisotopic (exact) mass is 285 g/mol. The number of benzene rings is 1. The summed E-state index contributed by atoms with van der Waals surface area (Å²) in [6, 6.07) is 8.96. The Labute approximate surface area is 121 Å². The Bertz CT molecular complexity index is 729. The highest BCUT2D eigenvalue weighted by molar-refractivity contribution is 5.97. The number of carbonyl (C=O) groups is 2. The van der Waals surface area contributed by atoms with Crippen molar-refractivity contribution < 1.29 is 14.7 Å². The third-order valence-electron chi connectivity index (χ3n) is 3.84. The smallest absolute Gasteiger partial charge is 0.354 e. The number of nitrogens with zero attached hydrogens (tertiary/aromatic N) is 2. The number of rotatable bonds is 3. The largest absolute Gasteiger partial charge is 0.477 e. The molecule has 1 fully saturated rings. The lowest BCUT2D eigenvalue weighted by Crippen LogP contribution is -2.27. The molecule has 1 aliphatic heterocycles. The number of aromatic carboxylic acids is 1. The molecular weight excluding hydrogens is 270 g/mol. The van der Waals surface area contributed by atoms with Crippen LogP contribution in [0.1, 0.15) is 16.9 Å². The first-order chi connectivity index (χ1) is 10.1. The van der Waals surface area contributed by atoms with Gasteiger partial charge in [0.25, 0.3) is 0 Å². The number of hydrogen-bond donors (Lipinski definition) is 2. The maximum Gasteiger partial charge on any atom is 0.354 e. The van der Waals surface area contributed by atoms with Gasteiger partial charge >= 0.3 is 5.97 Å². The first kappa shape index (κ1) is 13.4. The van der Waals surface area contributed by atoms with Gasteiger partial charge in [0, 0.05) is 24.2 Å². The summed E-state index contributed by atoms with van der Waals surface area (Å²) in [4.78, 5) is 28.7. The van der Waals surface area contributed by atoms with Gasteiger partial charge in [-0.1, -0.05) is 18.2 Å². The first-order valence-corrected chi connectivity index (χ1v) is 6.73. The van der Waals surface area contributed by atoms with Gasteiger partial charge in [0.15, 0.2) is 5.69 Å². The topological polar surface area (TPSA) is 96.5 Å². The van der Waals surface area contributed by atoms with Gasteiger partial charge in [0.2, 0.25) is 5.91 Å². The number of carboxylic acids is 1. The van der Waals surface area contributed by atoms with Crippen LogP contribution in [0.25, 0.3) is 10.9 Å². The Hall–Kier alpha value is -2.63. The molecule has 6 heteroatoms. The van der Waals surface area contributed by atoms with Crippen LogP contribution in [0.5, 0.6) is 0 Å². The third-order valence-corrected chi connectivity index (χ3v) is 3.84. The summed E-state index contributed by atoms with van der Waals surface area (Å²) >= 11 is 0. The summed E-state index contributed by atoms with van der Waals surface area (Å²) in [5.74, 6) is -1.56. The normalized spacial score (nSPS) is 18.1. The van der Waals surface area contributed by atoms with Crippen molar-refractivity contribution in [1.29, 1.82) is 0 Å². The highest BCUT2D eigenvalue weighted by Crippen LogP contribution is 2.31. The molecule has 1 aromatic carbocycles. The van der Waals surface area contributed by atoms with Crippen molar-refractivity contribution in [1.82, 2.24) is 4.98 Å². The zero-order valence-electron chi connectivity index (χ0n) is 11.3. The molecule has 0 aliphatic carbocycles. The lowest BCUT2D eigenvalue weighted by molar-refractivity contribution is -0.121. The summed E-state index contributed by atoms with van der Waals surface area (Å²) in [6.07, 6.45) is 0.689. The Morgan fingerprint density at radius 1 is 1.33 bits per heavy atom. The standard InChI is InChI=1S/C15H15N3O3/c16-14(19)9-5-6-18(8-9)13-7-12(15(20)21)17-11-4-2-1-3-10(11)13/h1-4,7,9H,5-6,8H2,(H2,16,19)(H,20,21). The number of pyridine rings is 1. The number of primary amides is 1. The minimum Gasteiger partial charge on any atom is -0.477 e. The molecule has 2 heterocycles. The maximum absolute atomic E-state index is 11.3. The zero-order valence-corrected chi connectivity index (χ0v) is 11.3. The molecule has 1 saturated heterocycles. The summed E-state index contributed by atoms with van der Waals surface area (Å²) < 4.78 is 0. The average Bonchev–Trinajstić information content (AvgIpc) is 2.96. The third kappa shape index (κ3) is 2.40. The van der Waals surface area contributed by atoms with Crippen LogP contribution in [-0.4, -0.2) is 35.1 Å². The quantitative estimate of drug-likeness (QED) is 0.884. The number of carbonyl (C=O) groups excluding carboxylic acids is 1.